The molecule has 0 aliphatic carbocycles. The standard InChI is InChI=1S/C19H24N2O3/c1-12(2)21(11-15-5-7-18(22)20-15)10-14-4-6-16-13(3)8-19(23)24-17(16)9-14/h4,6,8-9,12,15H,5,7,10-11H2,1-3H3,(H,20,22)/t15-/m0/s1. The highest BCUT2D eigenvalue weighted by Crippen LogP contribution is 2.20. The zero-order valence-corrected chi connectivity index (χ0v) is 14.5. The van der Waals surface area contributed by atoms with Crippen LogP contribution in [0.1, 0.15) is 37.8 Å². The van der Waals surface area contributed by atoms with Crippen molar-refractivity contribution in [1.82, 2.24) is 10.2 Å². The van der Waals surface area contributed by atoms with Crippen molar-refractivity contribution in [2.45, 2.75) is 52.2 Å². The van der Waals surface area contributed by atoms with Gasteiger partial charge in [0.1, 0.15) is 5.58 Å². The van der Waals surface area contributed by atoms with Crippen LogP contribution in [0.5, 0.6) is 0 Å². The van der Waals surface area contributed by atoms with Crippen LogP contribution in [0.15, 0.2) is 33.5 Å². The molecule has 0 spiro atoms. The predicted molar refractivity (Wildman–Crippen MR) is 93.9 cm³/mol. The Kier molecular flexibility index (Phi) is 4.71. The number of nitrogens with zero attached hydrogens (tertiary/aromatic N) is 1. The number of nitrogens with one attached hydrogen (secondary N) is 1. The third-order valence-corrected chi connectivity index (χ3v) is 4.67. The van der Waals surface area contributed by atoms with Gasteiger partial charge in [0.25, 0.3) is 0 Å². The Balaban J connectivity index is 1.80. The maximum Gasteiger partial charge on any atom is 0.336 e. The van der Waals surface area contributed by atoms with Crippen LogP contribution in [0.25, 0.3) is 11.0 Å². The van der Waals surface area contributed by atoms with Gasteiger partial charge in [0, 0.05) is 43.0 Å². The Hall–Kier alpha value is -2.14. The van der Waals surface area contributed by atoms with Gasteiger partial charge in [0.15, 0.2) is 0 Å². The molecule has 3 rings (SSSR count). The molecule has 0 unspecified atom stereocenters. The van der Waals surface area contributed by atoms with E-state index in [0.717, 1.165) is 36.0 Å². The minimum atomic E-state index is -0.313. The van der Waals surface area contributed by atoms with Crippen LogP contribution in [-0.4, -0.2) is 29.4 Å². The topological polar surface area (TPSA) is 62.6 Å². The normalized spacial score (nSPS) is 17.9. The Bertz CT molecular complexity index is 810. The Morgan fingerprint density at radius 3 is 2.75 bits per heavy atom. The van der Waals surface area contributed by atoms with Crippen molar-refractivity contribution in [3.8, 4) is 0 Å². The lowest BCUT2D eigenvalue weighted by atomic mass is 10.1. The quantitative estimate of drug-likeness (QED) is 0.857. The van der Waals surface area contributed by atoms with E-state index in [1.807, 2.05) is 19.1 Å². The monoisotopic (exact) mass is 328 g/mol. The molecular formula is C19H24N2O3. The summed E-state index contributed by atoms with van der Waals surface area (Å²) >= 11 is 0. The van der Waals surface area contributed by atoms with Crippen molar-refractivity contribution in [2.75, 3.05) is 6.54 Å². The first kappa shape index (κ1) is 16.7. The van der Waals surface area contributed by atoms with Crippen LogP contribution >= 0.6 is 0 Å². The van der Waals surface area contributed by atoms with Gasteiger partial charge in [-0.1, -0.05) is 12.1 Å². The van der Waals surface area contributed by atoms with Crippen molar-refractivity contribution in [1.29, 1.82) is 0 Å². The first-order chi connectivity index (χ1) is 11.4. The van der Waals surface area contributed by atoms with E-state index in [9.17, 15) is 9.59 Å². The number of benzene rings is 1. The summed E-state index contributed by atoms with van der Waals surface area (Å²) in [6, 6.07) is 8.15. The molecule has 2 heterocycles. The molecule has 0 saturated carbocycles. The largest absolute Gasteiger partial charge is 0.423 e. The van der Waals surface area contributed by atoms with Crippen LogP contribution in [0, 0.1) is 6.92 Å². The van der Waals surface area contributed by atoms with Gasteiger partial charge < -0.3 is 9.73 Å². The fourth-order valence-corrected chi connectivity index (χ4v) is 3.26. The number of carbonyl (C=O) groups is 1. The zero-order valence-electron chi connectivity index (χ0n) is 14.5. The Morgan fingerprint density at radius 2 is 2.08 bits per heavy atom. The Labute approximate surface area is 141 Å². The second-order valence-corrected chi connectivity index (χ2v) is 6.91. The first-order valence-electron chi connectivity index (χ1n) is 8.49. The number of aryl methyl sites for hydroxylation is 1. The number of amides is 1. The summed E-state index contributed by atoms with van der Waals surface area (Å²) in [7, 11) is 0. The Morgan fingerprint density at radius 1 is 1.29 bits per heavy atom. The number of fused-ring (bicyclic) bond motifs is 1. The smallest absolute Gasteiger partial charge is 0.336 e. The van der Waals surface area contributed by atoms with Crippen LogP contribution in [-0.2, 0) is 11.3 Å². The van der Waals surface area contributed by atoms with Crippen LogP contribution < -0.4 is 10.9 Å². The molecule has 1 saturated heterocycles. The van der Waals surface area contributed by atoms with Gasteiger partial charge in [-0.3, -0.25) is 9.69 Å². The first-order valence-corrected chi connectivity index (χ1v) is 8.49. The molecule has 1 aliphatic heterocycles. The molecule has 2 aromatic rings. The molecule has 1 N–H and O–H groups in total. The molecule has 1 aromatic heterocycles. The molecule has 0 bridgehead atoms. The molecule has 1 amide bonds. The van der Waals surface area contributed by atoms with E-state index in [1.165, 1.54) is 6.07 Å². The molecule has 0 radical (unpaired) electrons. The van der Waals surface area contributed by atoms with E-state index in [2.05, 4.69) is 30.1 Å². The maximum atomic E-state index is 11.6. The lowest BCUT2D eigenvalue weighted by molar-refractivity contribution is -0.119. The zero-order chi connectivity index (χ0) is 17.3. The lowest BCUT2D eigenvalue weighted by Crippen LogP contribution is -2.41. The van der Waals surface area contributed by atoms with Crippen molar-refractivity contribution < 1.29 is 9.21 Å². The fraction of sp³-hybridized carbons (Fsp3) is 0.474. The third-order valence-electron chi connectivity index (χ3n) is 4.67. The van der Waals surface area contributed by atoms with Gasteiger partial charge in [0.05, 0.1) is 0 Å². The minimum Gasteiger partial charge on any atom is -0.423 e. The minimum absolute atomic E-state index is 0.145. The summed E-state index contributed by atoms with van der Waals surface area (Å²) in [5.74, 6) is 0.145. The van der Waals surface area contributed by atoms with Gasteiger partial charge in [-0.05, 0) is 44.4 Å². The summed E-state index contributed by atoms with van der Waals surface area (Å²) in [4.78, 5) is 25.3. The average molecular weight is 328 g/mol. The van der Waals surface area contributed by atoms with Gasteiger partial charge >= 0.3 is 5.63 Å². The summed E-state index contributed by atoms with van der Waals surface area (Å²) in [5, 5.41) is 4.00. The van der Waals surface area contributed by atoms with Crippen molar-refractivity contribution in [3.05, 3.63) is 45.8 Å². The number of carbonyl (C=O) groups excluding carboxylic acids is 1. The second-order valence-electron chi connectivity index (χ2n) is 6.91. The highest BCUT2D eigenvalue weighted by atomic mass is 16.4. The number of hydrogen-bond acceptors (Lipinski definition) is 4. The molecule has 128 valence electrons. The highest BCUT2D eigenvalue weighted by Gasteiger charge is 2.24. The van der Waals surface area contributed by atoms with Crippen LogP contribution in [0.4, 0.5) is 0 Å². The van der Waals surface area contributed by atoms with Crippen molar-refractivity contribution in [3.63, 3.8) is 0 Å². The van der Waals surface area contributed by atoms with E-state index in [1.54, 1.807) is 0 Å². The van der Waals surface area contributed by atoms with E-state index < -0.39 is 0 Å². The average Bonchev–Trinajstić information content (AvgIpc) is 2.91. The van der Waals surface area contributed by atoms with Gasteiger partial charge in [-0.15, -0.1) is 0 Å². The summed E-state index contributed by atoms with van der Waals surface area (Å²) in [6.07, 6.45) is 1.52. The van der Waals surface area contributed by atoms with E-state index in [-0.39, 0.29) is 17.6 Å². The SMILES string of the molecule is Cc1cc(=O)oc2cc(CN(C[C@@H]3CCC(=O)N3)C(C)C)ccc12. The van der Waals surface area contributed by atoms with Crippen molar-refractivity contribution >= 4 is 16.9 Å². The maximum absolute atomic E-state index is 11.6. The summed E-state index contributed by atoms with van der Waals surface area (Å²) in [5.41, 5.74) is 2.36. The second kappa shape index (κ2) is 6.77. The van der Waals surface area contributed by atoms with Gasteiger partial charge in [-0.2, -0.15) is 0 Å². The third kappa shape index (κ3) is 3.67. The molecule has 1 atom stereocenters. The molecule has 24 heavy (non-hydrogen) atoms. The lowest BCUT2D eigenvalue weighted by Gasteiger charge is -2.29. The van der Waals surface area contributed by atoms with Crippen LogP contribution in [0.3, 0.4) is 0 Å². The number of rotatable bonds is 5. The molecular weight excluding hydrogens is 304 g/mol. The van der Waals surface area contributed by atoms with Gasteiger partial charge in [-0.25, -0.2) is 4.79 Å². The van der Waals surface area contributed by atoms with Crippen LogP contribution in [0.2, 0.25) is 0 Å². The fourth-order valence-electron chi connectivity index (χ4n) is 3.26. The molecule has 5 heteroatoms. The highest BCUT2D eigenvalue weighted by molar-refractivity contribution is 5.80. The van der Waals surface area contributed by atoms with E-state index in [0.29, 0.717) is 18.0 Å². The molecule has 1 aliphatic rings. The van der Waals surface area contributed by atoms with Gasteiger partial charge in [0.2, 0.25) is 5.91 Å². The van der Waals surface area contributed by atoms with E-state index in [4.69, 9.17) is 4.42 Å². The molecule has 1 fully saturated rings. The summed E-state index contributed by atoms with van der Waals surface area (Å²) < 4.78 is 5.34. The van der Waals surface area contributed by atoms with Crippen molar-refractivity contribution in [2.24, 2.45) is 0 Å². The van der Waals surface area contributed by atoms with E-state index >= 15 is 0 Å². The number of hydrogen-bond donors (Lipinski definition) is 1. The summed E-state index contributed by atoms with van der Waals surface area (Å²) in [6.45, 7) is 7.82. The molecule has 5 nitrogen and oxygen atoms in total. The molecule has 1 aromatic carbocycles. The predicted octanol–water partition coefficient (Wildman–Crippen LogP) is 2.59.